The highest BCUT2D eigenvalue weighted by atomic mass is 16.5. The van der Waals surface area contributed by atoms with E-state index in [9.17, 15) is 0 Å². The van der Waals surface area contributed by atoms with E-state index in [4.69, 9.17) is 10.00 Å². The quantitative estimate of drug-likeness (QED) is 0.717. The van der Waals surface area contributed by atoms with Crippen LogP contribution in [0.2, 0.25) is 0 Å². The molecule has 96 valence electrons. The molecular weight excluding hydrogens is 214 g/mol. The number of ether oxygens (including phenoxy) is 1. The van der Waals surface area contributed by atoms with Gasteiger partial charge in [-0.25, -0.2) is 0 Å². The Morgan fingerprint density at radius 1 is 1.47 bits per heavy atom. The molecule has 0 bridgehead atoms. The molecule has 1 saturated heterocycles. The third-order valence-corrected chi connectivity index (χ3v) is 3.68. The van der Waals surface area contributed by atoms with E-state index < -0.39 is 0 Å². The molecule has 0 amide bonds. The zero-order chi connectivity index (χ0) is 12.1. The lowest BCUT2D eigenvalue weighted by Crippen LogP contribution is -2.34. The number of rotatable bonds is 7. The van der Waals surface area contributed by atoms with Crippen LogP contribution in [0.5, 0.6) is 0 Å². The van der Waals surface area contributed by atoms with E-state index in [1.165, 1.54) is 19.3 Å². The van der Waals surface area contributed by atoms with Crippen LogP contribution < -0.4 is 5.32 Å². The minimum absolute atomic E-state index is 0.0453. The Bertz CT molecular complexity index is 272. The van der Waals surface area contributed by atoms with Crippen LogP contribution in [0.25, 0.3) is 0 Å². The monoisotopic (exact) mass is 237 g/mol. The number of nitrogens with zero attached hydrogens (tertiary/aromatic N) is 2. The zero-order valence-electron chi connectivity index (χ0n) is 10.7. The third-order valence-electron chi connectivity index (χ3n) is 3.68. The first-order valence-electron chi connectivity index (χ1n) is 6.68. The molecule has 17 heavy (non-hydrogen) atoms. The van der Waals surface area contributed by atoms with E-state index in [1.807, 2.05) is 0 Å². The molecule has 2 atom stereocenters. The van der Waals surface area contributed by atoms with Crippen molar-refractivity contribution in [3.8, 4) is 6.07 Å². The number of hydrogen-bond donors (Lipinski definition) is 1. The molecule has 1 saturated carbocycles. The molecule has 0 aromatic carbocycles. The summed E-state index contributed by atoms with van der Waals surface area (Å²) < 4.78 is 5.19. The fourth-order valence-electron chi connectivity index (χ4n) is 2.52. The topological polar surface area (TPSA) is 48.3 Å². The minimum Gasteiger partial charge on any atom is -0.384 e. The fourth-order valence-corrected chi connectivity index (χ4v) is 2.52. The predicted octanol–water partition coefficient (Wildman–Crippen LogP) is 0.989. The maximum atomic E-state index is 9.06. The standard InChI is InChI=1S/C13H23N3O/c1-17-10-11-4-6-16(9-11)7-5-13(8-14)15-12-2-3-12/h11-13,15H,2-7,9-10H2,1H3. The summed E-state index contributed by atoms with van der Waals surface area (Å²) in [6.07, 6.45) is 4.68. The summed E-state index contributed by atoms with van der Waals surface area (Å²) >= 11 is 0. The lowest BCUT2D eigenvalue weighted by atomic mass is 10.1. The zero-order valence-corrected chi connectivity index (χ0v) is 10.7. The molecule has 1 aliphatic heterocycles. The number of nitriles is 1. The highest BCUT2D eigenvalue weighted by Crippen LogP contribution is 2.20. The van der Waals surface area contributed by atoms with Crippen molar-refractivity contribution in [1.29, 1.82) is 5.26 Å². The molecule has 0 spiro atoms. The summed E-state index contributed by atoms with van der Waals surface area (Å²) in [7, 11) is 1.77. The predicted molar refractivity (Wildman–Crippen MR) is 66.6 cm³/mol. The Hall–Kier alpha value is -0.630. The molecule has 0 aromatic rings. The summed E-state index contributed by atoms with van der Waals surface area (Å²) in [5.74, 6) is 0.692. The number of methoxy groups -OCH3 is 1. The smallest absolute Gasteiger partial charge is 0.0967 e. The van der Waals surface area contributed by atoms with Gasteiger partial charge >= 0.3 is 0 Å². The van der Waals surface area contributed by atoms with Gasteiger partial charge in [0.25, 0.3) is 0 Å². The Kier molecular flexibility index (Phi) is 4.78. The molecule has 1 heterocycles. The van der Waals surface area contributed by atoms with E-state index in [1.54, 1.807) is 7.11 Å². The first-order chi connectivity index (χ1) is 8.31. The van der Waals surface area contributed by atoms with Crippen LogP contribution in [-0.4, -0.2) is 50.3 Å². The second-order valence-corrected chi connectivity index (χ2v) is 5.32. The van der Waals surface area contributed by atoms with Crippen molar-refractivity contribution in [2.75, 3.05) is 33.4 Å². The molecule has 1 aliphatic carbocycles. The maximum Gasteiger partial charge on any atom is 0.0967 e. The second-order valence-electron chi connectivity index (χ2n) is 5.32. The van der Waals surface area contributed by atoms with E-state index in [-0.39, 0.29) is 6.04 Å². The van der Waals surface area contributed by atoms with Gasteiger partial charge < -0.3 is 9.64 Å². The van der Waals surface area contributed by atoms with Crippen LogP contribution in [0.4, 0.5) is 0 Å². The highest BCUT2D eigenvalue weighted by Gasteiger charge is 2.26. The molecule has 4 nitrogen and oxygen atoms in total. The normalized spacial score (nSPS) is 26.9. The van der Waals surface area contributed by atoms with E-state index in [0.717, 1.165) is 32.7 Å². The minimum atomic E-state index is 0.0453. The first-order valence-corrected chi connectivity index (χ1v) is 6.68. The van der Waals surface area contributed by atoms with Crippen molar-refractivity contribution in [2.45, 2.75) is 37.8 Å². The van der Waals surface area contributed by atoms with Gasteiger partial charge in [-0.3, -0.25) is 5.32 Å². The van der Waals surface area contributed by atoms with E-state index in [0.29, 0.717) is 12.0 Å². The van der Waals surface area contributed by atoms with Gasteiger partial charge in [-0.15, -0.1) is 0 Å². The highest BCUT2D eigenvalue weighted by molar-refractivity contribution is 4.96. The Balaban J connectivity index is 1.62. The van der Waals surface area contributed by atoms with Crippen molar-refractivity contribution in [3.05, 3.63) is 0 Å². The van der Waals surface area contributed by atoms with Crippen LogP contribution in [0.1, 0.15) is 25.7 Å². The van der Waals surface area contributed by atoms with Crippen molar-refractivity contribution >= 4 is 0 Å². The number of hydrogen-bond acceptors (Lipinski definition) is 4. The average molecular weight is 237 g/mol. The first kappa shape index (κ1) is 12.8. The molecule has 2 rings (SSSR count). The Labute approximate surface area is 104 Å². The Morgan fingerprint density at radius 3 is 2.94 bits per heavy atom. The molecule has 2 aliphatic rings. The summed E-state index contributed by atoms with van der Waals surface area (Å²) in [6.45, 7) is 4.21. The molecule has 4 heteroatoms. The van der Waals surface area contributed by atoms with Crippen LogP contribution >= 0.6 is 0 Å². The largest absolute Gasteiger partial charge is 0.384 e. The molecule has 2 fully saturated rings. The van der Waals surface area contributed by atoms with Crippen LogP contribution in [0, 0.1) is 17.2 Å². The van der Waals surface area contributed by atoms with Gasteiger partial charge in [-0.1, -0.05) is 0 Å². The molecular formula is C13H23N3O. The maximum absolute atomic E-state index is 9.06. The van der Waals surface area contributed by atoms with Gasteiger partial charge in [0.05, 0.1) is 18.7 Å². The molecule has 0 aromatic heterocycles. The summed E-state index contributed by atoms with van der Waals surface area (Å²) in [4.78, 5) is 2.46. The second kappa shape index (κ2) is 6.34. The van der Waals surface area contributed by atoms with Crippen molar-refractivity contribution in [1.82, 2.24) is 10.2 Å². The van der Waals surface area contributed by atoms with E-state index in [2.05, 4.69) is 16.3 Å². The molecule has 2 unspecified atom stereocenters. The van der Waals surface area contributed by atoms with Crippen molar-refractivity contribution in [3.63, 3.8) is 0 Å². The lowest BCUT2D eigenvalue weighted by Gasteiger charge is -2.18. The summed E-state index contributed by atoms with van der Waals surface area (Å²) in [6, 6.07) is 3.04. The Morgan fingerprint density at radius 2 is 2.29 bits per heavy atom. The van der Waals surface area contributed by atoms with Crippen LogP contribution in [0.3, 0.4) is 0 Å². The molecule has 1 N–H and O–H groups in total. The summed E-state index contributed by atoms with van der Waals surface area (Å²) in [5.41, 5.74) is 0. The SMILES string of the molecule is COCC1CCN(CCC(C#N)NC2CC2)C1. The summed E-state index contributed by atoms with van der Waals surface area (Å²) in [5, 5.41) is 12.5. The van der Waals surface area contributed by atoms with Gasteiger partial charge in [-0.05, 0) is 38.1 Å². The van der Waals surface area contributed by atoms with Crippen LogP contribution in [-0.2, 0) is 4.74 Å². The van der Waals surface area contributed by atoms with Gasteiger partial charge in [0.15, 0.2) is 0 Å². The third kappa shape index (κ3) is 4.27. The van der Waals surface area contributed by atoms with Gasteiger partial charge in [0.2, 0.25) is 0 Å². The van der Waals surface area contributed by atoms with Gasteiger partial charge in [0.1, 0.15) is 0 Å². The van der Waals surface area contributed by atoms with Gasteiger partial charge in [-0.2, -0.15) is 5.26 Å². The molecule has 0 radical (unpaired) electrons. The van der Waals surface area contributed by atoms with E-state index >= 15 is 0 Å². The number of nitrogens with one attached hydrogen (secondary N) is 1. The van der Waals surface area contributed by atoms with Crippen molar-refractivity contribution < 1.29 is 4.74 Å². The van der Waals surface area contributed by atoms with Crippen LogP contribution in [0.15, 0.2) is 0 Å². The lowest BCUT2D eigenvalue weighted by molar-refractivity contribution is 0.153. The fraction of sp³-hybridized carbons (Fsp3) is 0.923. The van der Waals surface area contributed by atoms with Crippen molar-refractivity contribution in [2.24, 2.45) is 5.92 Å². The number of likely N-dealkylation sites (tertiary alicyclic amines) is 1. The van der Waals surface area contributed by atoms with Gasteiger partial charge in [0, 0.05) is 26.2 Å². The average Bonchev–Trinajstić information content (AvgIpc) is 3.04.